The zero-order chi connectivity index (χ0) is 31.7. The molecule has 1 aromatic carbocycles. The molecule has 0 radical (unpaired) electrons. The summed E-state index contributed by atoms with van der Waals surface area (Å²) in [6.45, 7) is 4.05. The van der Waals surface area contributed by atoms with Gasteiger partial charge >= 0.3 is 6.18 Å². The maximum atomic E-state index is 16.0. The van der Waals surface area contributed by atoms with Crippen LogP contribution in [0.4, 0.5) is 23.2 Å². The molecular formula is C35H40F4N6O. The third kappa shape index (κ3) is 6.89. The minimum Gasteiger partial charge on any atom is -0.490 e. The predicted molar refractivity (Wildman–Crippen MR) is 169 cm³/mol. The first kappa shape index (κ1) is 31.0. The van der Waals surface area contributed by atoms with Gasteiger partial charge in [-0.15, -0.1) is 0 Å². The summed E-state index contributed by atoms with van der Waals surface area (Å²) >= 11 is 0. The van der Waals surface area contributed by atoms with Gasteiger partial charge in [0.1, 0.15) is 11.3 Å². The number of ether oxygens (including phenoxy) is 1. The van der Waals surface area contributed by atoms with Gasteiger partial charge in [-0.2, -0.15) is 23.4 Å². The van der Waals surface area contributed by atoms with Gasteiger partial charge in [-0.05, 0) is 119 Å². The largest absolute Gasteiger partial charge is 0.490 e. The van der Waals surface area contributed by atoms with E-state index in [1.165, 1.54) is 37.5 Å². The van der Waals surface area contributed by atoms with E-state index in [1.54, 1.807) is 18.2 Å². The molecule has 0 bridgehead atoms. The number of aromatic nitrogens is 4. The number of rotatable bonds is 8. The van der Waals surface area contributed by atoms with Gasteiger partial charge in [0, 0.05) is 37.0 Å². The molecule has 46 heavy (non-hydrogen) atoms. The number of likely N-dealkylation sites (tertiary alicyclic amines) is 1. The van der Waals surface area contributed by atoms with E-state index in [9.17, 15) is 0 Å². The Morgan fingerprint density at radius 2 is 1.74 bits per heavy atom. The fraction of sp³-hybridized carbons (Fsp3) is 0.543. The van der Waals surface area contributed by atoms with Crippen LogP contribution in [-0.2, 0) is 6.18 Å². The summed E-state index contributed by atoms with van der Waals surface area (Å²) in [5.41, 5.74) is 0.312. The first-order chi connectivity index (χ1) is 22.3. The van der Waals surface area contributed by atoms with Crippen molar-refractivity contribution in [1.29, 1.82) is 0 Å². The number of piperidine rings is 2. The van der Waals surface area contributed by atoms with Crippen LogP contribution in [0, 0.1) is 11.3 Å². The third-order valence-corrected chi connectivity index (χ3v) is 10.2. The van der Waals surface area contributed by atoms with E-state index in [-0.39, 0.29) is 34.3 Å². The summed E-state index contributed by atoms with van der Waals surface area (Å²) in [4.78, 5) is 12.8. The second-order valence-corrected chi connectivity index (χ2v) is 13.6. The maximum Gasteiger partial charge on any atom is 0.421 e. The van der Waals surface area contributed by atoms with Gasteiger partial charge < -0.3 is 14.5 Å². The summed E-state index contributed by atoms with van der Waals surface area (Å²) in [6.07, 6.45) is 10.3. The number of alkyl halides is 3. The molecule has 4 heterocycles. The van der Waals surface area contributed by atoms with Crippen molar-refractivity contribution in [1.82, 2.24) is 25.1 Å². The van der Waals surface area contributed by atoms with E-state index < -0.39 is 17.6 Å². The zero-order valence-corrected chi connectivity index (χ0v) is 26.0. The first-order valence-corrected chi connectivity index (χ1v) is 16.6. The van der Waals surface area contributed by atoms with Gasteiger partial charge in [0.15, 0.2) is 11.7 Å². The lowest BCUT2D eigenvalue weighted by Crippen LogP contribution is -2.50. The fourth-order valence-corrected chi connectivity index (χ4v) is 7.56. The Morgan fingerprint density at radius 1 is 0.935 bits per heavy atom. The number of anilines is 1. The molecule has 0 N–H and O–H groups in total. The average Bonchev–Trinajstić information content (AvgIpc) is 3.73. The van der Waals surface area contributed by atoms with Crippen molar-refractivity contribution < 1.29 is 22.3 Å². The molecule has 2 aromatic heterocycles. The van der Waals surface area contributed by atoms with Crippen LogP contribution in [0.3, 0.4) is 0 Å². The Morgan fingerprint density at radius 3 is 2.46 bits per heavy atom. The second-order valence-electron chi connectivity index (χ2n) is 13.6. The van der Waals surface area contributed by atoms with E-state index in [1.807, 2.05) is 4.90 Å². The van der Waals surface area contributed by atoms with E-state index >= 15 is 17.6 Å². The van der Waals surface area contributed by atoms with Crippen molar-refractivity contribution in [2.24, 2.45) is 11.3 Å². The summed E-state index contributed by atoms with van der Waals surface area (Å²) in [5.74, 6) is -0.389. The van der Waals surface area contributed by atoms with Crippen molar-refractivity contribution in [2.45, 2.75) is 76.5 Å². The Bertz CT molecular complexity index is 1550. The van der Waals surface area contributed by atoms with Crippen LogP contribution in [-0.4, -0.2) is 63.9 Å². The summed E-state index contributed by atoms with van der Waals surface area (Å²) in [6, 6.07) is 6.24. The number of hydrogen-bond donors (Lipinski definition) is 0. The maximum absolute atomic E-state index is 16.0. The van der Waals surface area contributed by atoms with Gasteiger partial charge in [-0.3, -0.25) is 0 Å². The van der Waals surface area contributed by atoms with Crippen LogP contribution < -0.4 is 9.64 Å². The normalized spacial score (nSPS) is 21.2. The predicted octanol–water partition coefficient (Wildman–Crippen LogP) is 7.83. The molecule has 2 aliphatic heterocycles. The molecule has 1 spiro atoms. The summed E-state index contributed by atoms with van der Waals surface area (Å²) in [5, 5.41) is 7.62. The number of nitrogens with zero attached hydrogens (tertiary/aromatic N) is 6. The molecule has 2 aliphatic carbocycles. The quantitative estimate of drug-likeness (QED) is 0.234. The summed E-state index contributed by atoms with van der Waals surface area (Å²) < 4.78 is 67.6. The molecule has 4 fully saturated rings. The SMILES string of the molecule is F/C(=C\c1ccc(OC2CCCC2)c(C(F)(F)F)c1N1CCCC2(CCN(CC3CC3)CC2)C1)c1nccc(-c2ccnnc2)n1. The average molecular weight is 637 g/mol. The molecule has 244 valence electrons. The monoisotopic (exact) mass is 636 g/mol. The van der Waals surface area contributed by atoms with Crippen LogP contribution >= 0.6 is 0 Å². The van der Waals surface area contributed by atoms with Gasteiger partial charge in [0.25, 0.3) is 0 Å². The zero-order valence-electron chi connectivity index (χ0n) is 26.0. The van der Waals surface area contributed by atoms with Gasteiger partial charge in [0.2, 0.25) is 0 Å². The molecule has 7 nitrogen and oxygen atoms in total. The summed E-state index contributed by atoms with van der Waals surface area (Å²) in [7, 11) is 0. The van der Waals surface area contributed by atoms with Gasteiger partial charge in [-0.1, -0.05) is 0 Å². The Hall–Kier alpha value is -3.60. The molecule has 3 aromatic rings. The Labute approximate surface area is 267 Å². The van der Waals surface area contributed by atoms with Gasteiger partial charge in [0.05, 0.1) is 29.9 Å². The van der Waals surface area contributed by atoms with Crippen molar-refractivity contribution in [3.63, 3.8) is 0 Å². The number of benzene rings is 1. The Kier molecular flexibility index (Phi) is 8.69. The fourth-order valence-electron chi connectivity index (χ4n) is 7.56. The van der Waals surface area contributed by atoms with E-state index in [0.717, 1.165) is 83.0 Å². The Balaban J connectivity index is 1.26. The van der Waals surface area contributed by atoms with Crippen LogP contribution in [0.25, 0.3) is 23.2 Å². The lowest BCUT2D eigenvalue weighted by Gasteiger charge is -2.49. The van der Waals surface area contributed by atoms with Crippen LogP contribution in [0.2, 0.25) is 0 Å². The topological polar surface area (TPSA) is 67.3 Å². The van der Waals surface area contributed by atoms with Crippen molar-refractivity contribution >= 4 is 17.6 Å². The standard InChI is InChI=1S/C35H40F4N6O/c36-28(33-40-15-11-29(43-33)26-10-16-41-42-21-26)20-25-8-9-30(46-27-4-1-2-5-27)31(35(37,38)39)32(25)45-17-3-12-34(23-45)13-18-44(19-14-34)22-24-6-7-24/h8-11,15-16,20-21,24,27H,1-7,12-14,17-19,22-23H2/b28-20-. The highest BCUT2D eigenvalue weighted by Crippen LogP contribution is 2.50. The highest BCUT2D eigenvalue weighted by molar-refractivity contribution is 5.83. The molecule has 11 heteroatoms. The highest BCUT2D eigenvalue weighted by atomic mass is 19.4. The third-order valence-electron chi connectivity index (χ3n) is 10.2. The molecule has 0 amide bonds. The minimum absolute atomic E-state index is 0.00730. The van der Waals surface area contributed by atoms with Crippen LogP contribution in [0.1, 0.15) is 81.2 Å². The number of hydrogen-bond acceptors (Lipinski definition) is 7. The van der Waals surface area contributed by atoms with Crippen LogP contribution in [0.15, 0.2) is 42.9 Å². The molecule has 0 unspecified atom stereocenters. The molecular weight excluding hydrogens is 596 g/mol. The number of halogens is 4. The molecule has 4 aliphatic rings. The highest BCUT2D eigenvalue weighted by Gasteiger charge is 2.44. The van der Waals surface area contributed by atoms with E-state index in [4.69, 9.17) is 4.74 Å². The minimum atomic E-state index is -4.70. The van der Waals surface area contributed by atoms with Crippen molar-refractivity contribution in [2.75, 3.05) is 37.6 Å². The molecule has 2 saturated carbocycles. The van der Waals surface area contributed by atoms with E-state index in [2.05, 4.69) is 25.1 Å². The lowest BCUT2D eigenvalue weighted by molar-refractivity contribution is -0.138. The molecule has 7 rings (SSSR count). The molecule has 0 atom stereocenters. The van der Waals surface area contributed by atoms with Crippen LogP contribution in [0.5, 0.6) is 5.75 Å². The van der Waals surface area contributed by atoms with Gasteiger partial charge in [-0.25, -0.2) is 14.4 Å². The first-order valence-electron chi connectivity index (χ1n) is 16.6. The second kappa shape index (κ2) is 12.9. The smallest absolute Gasteiger partial charge is 0.421 e. The van der Waals surface area contributed by atoms with E-state index in [0.29, 0.717) is 24.3 Å². The lowest BCUT2D eigenvalue weighted by atomic mass is 9.72. The van der Waals surface area contributed by atoms with Crippen molar-refractivity contribution in [3.05, 3.63) is 59.8 Å². The van der Waals surface area contributed by atoms with Crippen molar-refractivity contribution in [3.8, 4) is 17.0 Å². The molecule has 2 saturated heterocycles.